The maximum absolute atomic E-state index is 13.2. The molecule has 2 aliphatic heterocycles. The Labute approximate surface area is 273 Å². The molecule has 2 heterocycles. The number of carbonyl (C=O) groups is 3. The van der Waals surface area contributed by atoms with Gasteiger partial charge in [0.1, 0.15) is 13.2 Å². The molecule has 2 fully saturated rings. The molecule has 1 N–H and O–H groups in total. The summed E-state index contributed by atoms with van der Waals surface area (Å²) < 4.78 is 17.9. The number of anilines is 2. The normalized spacial score (nSPS) is 16.0. The second-order valence-electron chi connectivity index (χ2n) is 10.4. The maximum atomic E-state index is 13.2. The number of imide groups is 1. The summed E-state index contributed by atoms with van der Waals surface area (Å²) >= 11 is 4.37. The van der Waals surface area contributed by atoms with Gasteiger partial charge in [0, 0.05) is 13.1 Å². The molecule has 2 saturated heterocycles. The van der Waals surface area contributed by atoms with Crippen LogP contribution in [0.3, 0.4) is 0 Å². The average molecular weight is 689 g/mol. The van der Waals surface area contributed by atoms with Crippen LogP contribution in [-0.4, -0.2) is 61.9 Å². The first-order chi connectivity index (χ1) is 21.9. The lowest BCUT2D eigenvalue weighted by Gasteiger charge is -2.30. The van der Waals surface area contributed by atoms with Gasteiger partial charge in [0.15, 0.2) is 11.5 Å². The van der Waals surface area contributed by atoms with E-state index in [0.717, 1.165) is 38.7 Å². The number of rotatable bonds is 9. The van der Waals surface area contributed by atoms with E-state index in [2.05, 4.69) is 44.3 Å². The molecule has 0 spiro atoms. The van der Waals surface area contributed by atoms with Crippen LogP contribution >= 0.6 is 27.7 Å². The third-order valence-electron chi connectivity index (χ3n) is 7.51. The number of nitrogens with zero attached hydrogens (tertiary/aromatic N) is 2. The quantitative estimate of drug-likeness (QED) is 0.194. The highest BCUT2D eigenvalue weighted by molar-refractivity contribution is 9.10. The van der Waals surface area contributed by atoms with E-state index in [-0.39, 0.29) is 4.91 Å². The van der Waals surface area contributed by atoms with Crippen molar-refractivity contribution in [1.29, 1.82) is 0 Å². The molecule has 45 heavy (non-hydrogen) atoms. The van der Waals surface area contributed by atoms with Crippen molar-refractivity contribution < 1.29 is 28.6 Å². The van der Waals surface area contributed by atoms with Crippen molar-refractivity contribution in [3.05, 3.63) is 99.4 Å². The first kappa shape index (κ1) is 30.7. The van der Waals surface area contributed by atoms with Crippen molar-refractivity contribution in [1.82, 2.24) is 4.90 Å². The lowest BCUT2D eigenvalue weighted by molar-refractivity contribution is -0.127. The minimum atomic E-state index is -0.534. The van der Waals surface area contributed by atoms with E-state index < -0.39 is 23.6 Å². The van der Waals surface area contributed by atoms with Gasteiger partial charge >= 0.3 is 0 Å². The predicted molar refractivity (Wildman–Crippen MR) is 180 cm³/mol. The fourth-order valence-electron chi connectivity index (χ4n) is 5.31. The molecular formula is C34H30BrN3O6S. The molecule has 0 unspecified atom stereocenters. The van der Waals surface area contributed by atoms with E-state index in [4.69, 9.17) is 14.2 Å². The summed E-state index contributed by atoms with van der Waals surface area (Å²) in [6.07, 6.45) is 1.61. The lowest BCUT2D eigenvalue weighted by Crippen LogP contribution is -2.38. The first-order valence-corrected chi connectivity index (χ1v) is 16.0. The van der Waals surface area contributed by atoms with Crippen LogP contribution in [-0.2, 0) is 20.9 Å². The fraction of sp³-hybridized carbons (Fsp3) is 0.206. The fourth-order valence-corrected chi connectivity index (χ4v) is 6.72. The van der Waals surface area contributed by atoms with Crippen molar-refractivity contribution in [2.24, 2.45) is 0 Å². The molecule has 0 radical (unpaired) electrons. The standard InChI is InChI=1S/C34H30BrN3O6S/c1-42-29-18-22(17-26(35)32(29)44-21-24-9-6-8-23-7-2-3-10-25(23)24)19-30-33(40)38(34(41)45-30)20-31(39)36-27-11-4-5-12-28(27)37-13-15-43-16-14-37/h2-12,17-19H,13-16,20-21H2,1H3,(H,36,39)/b30-19+. The molecule has 4 aromatic carbocycles. The van der Waals surface area contributed by atoms with E-state index in [1.807, 2.05) is 42.5 Å². The highest BCUT2D eigenvalue weighted by atomic mass is 79.9. The van der Waals surface area contributed by atoms with E-state index in [1.54, 1.807) is 31.4 Å². The van der Waals surface area contributed by atoms with Crippen LogP contribution in [0.4, 0.5) is 16.2 Å². The molecule has 2 aliphatic rings. The number of thioether (sulfide) groups is 1. The molecule has 3 amide bonds. The van der Waals surface area contributed by atoms with Crippen molar-refractivity contribution in [3.8, 4) is 11.5 Å². The Morgan fingerprint density at radius 2 is 1.78 bits per heavy atom. The number of nitrogens with one attached hydrogen (secondary N) is 1. The van der Waals surface area contributed by atoms with Crippen LogP contribution in [0.25, 0.3) is 16.8 Å². The van der Waals surface area contributed by atoms with E-state index in [0.29, 0.717) is 60.1 Å². The summed E-state index contributed by atoms with van der Waals surface area (Å²) in [6, 6.07) is 25.2. The number of hydrogen-bond acceptors (Lipinski definition) is 8. The minimum Gasteiger partial charge on any atom is -0.493 e. The van der Waals surface area contributed by atoms with Gasteiger partial charge in [-0.3, -0.25) is 19.3 Å². The van der Waals surface area contributed by atoms with Gasteiger partial charge in [-0.05, 0) is 79.9 Å². The van der Waals surface area contributed by atoms with Crippen LogP contribution in [0.1, 0.15) is 11.1 Å². The third-order valence-corrected chi connectivity index (χ3v) is 9.00. The second-order valence-corrected chi connectivity index (χ2v) is 12.2. The number of amides is 3. The summed E-state index contributed by atoms with van der Waals surface area (Å²) in [6.45, 7) is 2.56. The SMILES string of the molecule is COc1cc(/C=C2/SC(=O)N(CC(=O)Nc3ccccc3N3CCOCC3)C2=O)cc(Br)c1OCc1cccc2ccccc12. The number of ether oxygens (including phenoxy) is 3. The Morgan fingerprint density at radius 1 is 1.02 bits per heavy atom. The maximum Gasteiger partial charge on any atom is 0.294 e. The summed E-state index contributed by atoms with van der Waals surface area (Å²) in [5.74, 6) is -0.0116. The van der Waals surface area contributed by atoms with E-state index in [9.17, 15) is 14.4 Å². The number of hydrogen-bond donors (Lipinski definition) is 1. The first-order valence-electron chi connectivity index (χ1n) is 14.3. The zero-order chi connectivity index (χ0) is 31.3. The van der Waals surface area contributed by atoms with Gasteiger partial charge in [0.2, 0.25) is 5.91 Å². The number of benzene rings is 4. The molecule has 11 heteroatoms. The van der Waals surface area contributed by atoms with Gasteiger partial charge in [0.05, 0.1) is 41.1 Å². The summed E-state index contributed by atoms with van der Waals surface area (Å²) in [5, 5.41) is 4.60. The molecule has 6 rings (SSSR count). The van der Waals surface area contributed by atoms with Crippen molar-refractivity contribution in [2.45, 2.75) is 6.61 Å². The van der Waals surface area contributed by atoms with E-state index >= 15 is 0 Å². The molecule has 0 saturated carbocycles. The van der Waals surface area contributed by atoms with Crippen LogP contribution in [0.15, 0.2) is 88.2 Å². The van der Waals surface area contributed by atoms with Gasteiger partial charge in [-0.15, -0.1) is 0 Å². The Bertz CT molecular complexity index is 1800. The molecule has 0 aromatic heterocycles. The highest BCUT2D eigenvalue weighted by Gasteiger charge is 2.36. The molecule has 4 aromatic rings. The molecule has 0 aliphatic carbocycles. The van der Waals surface area contributed by atoms with Crippen molar-refractivity contribution in [2.75, 3.05) is 50.2 Å². The number of carbonyl (C=O) groups excluding carboxylic acids is 3. The van der Waals surface area contributed by atoms with Gasteiger partial charge < -0.3 is 24.4 Å². The third kappa shape index (κ3) is 6.85. The zero-order valence-corrected chi connectivity index (χ0v) is 26.9. The monoisotopic (exact) mass is 687 g/mol. The zero-order valence-electron chi connectivity index (χ0n) is 24.5. The number of methoxy groups -OCH3 is 1. The summed E-state index contributed by atoms with van der Waals surface area (Å²) in [7, 11) is 1.54. The van der Waals surface area contributed by atoms with Crippen LogP contribution < -0.4 is 19.7 Å². The topological polar surface area (TPSA) is 97.4 Å². The van der Waals surface area contributed by atoms with Crippen molar-refractivity contribution in [3.63, 3.8) is 0 Å². The number of para-hydroxylation sites is 2. The minimum absolute atomic E-state index is 0.208. The van der Waals surface area contributed by atoms with Crippen LogP contribution in [0.2, 0.25) is 0 Å². The van der Waals surface area contributed by atoms with E-state index in [1.165, 1.54) is 0 Å². The Morgan fingerprint density at radius 3 is 2.60 bits per heavy atom. The predicted octanol–water partition coefficient (Wildman–Crippen LogP) is 6.70. The summed E-state index contributed by atoms with van der Waals surface area (Å²) in [5.41, 5.74) is 3.15. The lowest BCUT2D eigenvalue weighted by atomic mass is 10.1. The summed E-state index contributed by atoms with van der Waals surface area (Å²) in [4.78, 5) is 42.4. The number of morpholine rings is 1. The largest absolute Gasteiger partial charge is 0.493 e. The Balaban J connectivity index is 1.14. The van der Waals surface area contributed by atoms with Gasteiger partial charge in [-0.2, -0.15) is 0 Å². The molecular weight excluding hydrogens is 658 g/mol. The molecule has 0 bridgehead atoms. The van der Waals surface area contributed by atoms with Crippen LogP contribution in [0, 0.1) is 0 Å². The molecule has 230 valence electrons. The number of halogens is 1. The van der Waals surface area contributed by atoms with Gasteiger partial charge in [0.25, 0.3) is 11.1 Å². The smallest absolute Gasteiger partial charge is 0.294 e. The second kappa shape index (κ2) is 13.8. The van der Waals surface area contributed by atoms with Crippen LogP contribution in [0.5, 0.6) is 11.5 Å². The molecule has 9 nitrogen and oxygen atoms in total. The average Bonchev–Trinajstić information content (AvgIpc) is 3.31. The highest BCUT2D eigenvalue weighted by Crippen LogP contribution is 2.40. The Kier molecular flexibility index (Phi) is 9.39. The number of fused-ring (bicyclic) bond motifs is 1. The van der Waals surface area contributed by atoms with Gasteiger partial charge in [-0.1, -0.05) is 54.6 Å². The van der Waals surface area contributed by atoms with Crippen molar-refractivity contribution >= 4 is 73.0 Å². The Hall–Kier alpha value is -4.32. The van der Waals surface area contributed by atoms with Gasteiger partial charge in [-0.25, -0.2) is 0 Å². The molecule has 0 atom stereocenters.